The van der Waals surface area contributed by atoms with Crippen molar-refractivity contribution in [1.29, 1.82) is 0 Å². The Morgan fingerprint density at radius 1 is 1.15 bits per heavy atom. The van der Waals surface area contributed by atoms with E-state index in [1.807, 2.05) is 47.0 Å². The van der Waals surface area contributed by atoms with Crippen molar-refractivity contribution in [3.63, 3.8) is 0 Å². The predicted octanol–water partition coefficient (Wildman–Crippen LogP) is 5.65. The smallest absolute Gasteiger partial charge is 0.270 e. The number of rotatable bonds is 9. The summed E-state index contributed by atoms with van der Waals surface area (Å²) in [5.41, 5.74) is 2.52. The van der Waals surface area contributed by atoms with E-state index in [1.54, 1.807) is 5.38 Å². The zero-order valence-electron chi connectivity index (χ0n) is 18.4. The molecule has 0 spiro atoms. The summed E-state index contributed by atoms with van der Waals surface area (Å²) in [7, 11) is 0. The minimum Gasteiger partial charge on any atom is -0.350 e. The number of hydrogen-bond acceptors (Lipinski definition) is 6. The van der Waals surface area contributed by atoms with Crippen molar-refractivity contribution in [2.24, 2.45) is 5.92 Å². The summed E-state index contributed by atoms with van der Waals surface area (Å²) >= 11 is 9.28. The van der Waals surface area contributed by atoms with Gasteiger partial charge in [-0.15, -0.1) is 21.5 Å². The van der Waals surface area contributed by atoms with E-state index < -0.39 is 0 Å². The van der Waals surface area contributed by atoms with E-state index in [0.717, 1.165) is 27.2 Å². The number of carbonyl (C=O) groups excluding carboxylic acids is 1. The topological polar surface area (TPSA) is 72.7 Å². The van der Waals surface area contributed by atoms with Gasteiger partial charge in [0, 0.05) is 23.4 Å². The summed E-state index contributed by atoms with van der Waals surface area (Å²) in [4.78, 5) is 16.8. The maximum Gasteiger partial charge on any atom is 0.270 e. The number of carbonyl (C=O) groups is 1. The lowest BCUT2D eigenvalue weighted by Gasteiger charge is -2.10. The molecule has 9 heteroatoms. The Morgan fingerprint density at radius 3 is 2.73 bits per heavy atom. The summed E-state index contributed by atoms with van der Waals surface area (Å²) in [6.07, 6.45) is 0.651. The van der Waals surface area contributed by atoms with Gasteiger partial charge in [-0.05, 0) is 29.7 Å². The van der Waals surface area contributed by atoms with Crippen LogP contribution in [0.25, 0.3) is 5.69 Å². The normalized spacial score (nSPS) is 11.2. The molecule has 2 heterocycles. The molecule has 0 bridgehead atoms. The molecule has 33 heavy (non-hydrogen) atoms. The maximum atomic E-state index is 12.3. The van der Waals surface area contributed by atoms with E-state index in [-0.39, 0.29) is 5.91 Å². The maximum absolute atomic E-state index is 12.3. The van der Waals surface area contributed by atoms with Crippen LogP contribution in [-0.2, 0) is 12.2 Å². The molecule has 6 nitrogen and oxygen atoms in total. The summed E-state index contributed by atoms with van der Waals surface area (Å²) in [6.45, 7) is 4.75. The van der Waals surface area contributed by atoms with Gasteiger partial charge in [0.15, 0.2) is 5.16 Å². The average molecular weight is 498 g/mol. The highest BCUT2D eigenvalue weighted by Crippen LogP contribution is 2.28. The summed E-state index contributed by atoms with van der Waals surface area (Å²) in [5, 5.41) is 15.9. The molecule has 4 rings (SSSR count). The van der Waals surface area contributed by atoms with Gasteiger partial charge in [0.1, 0.15) is 16.5 Å². The third kappa shape index (κ3) is 6.22. The van der Waals surface area contributed by atoms with E-state index in [1.165, 1.54) is 23.1 Å². The lowest BCUT2D eigenvalue weighted by atomic mass is 10.1. The number of amides is 1. The molecule has 2 aromatic heterocycles. The van der Waals surface area contributed by atoms with Crippen LogP contribution in [-0.4, -0.2) is 32.2 Å². The van der Waals surface area contributed by atoms with Gasteiger partial charge >= 0.3 is 0 Å². The van der Waals surface area contributed by atoms with Gasteiger partial charge in [-0.3, -0.25) is 9.36 Å². The van der Waals surface area contributed by atoms with Gasteiger partial charge in [0.25, 0.3) is 5.91 Å². The second-order valence-electron chi connectivity index (χ2n) is 7.90. The molecule has 170 valence electrons. The fourth-order valence-electron chi connectivity index (χ4n) is 3.16. The highest BCUT2D eigenvalue weighted by Gasteiger charge is 2.17. The molecular formula is C24H24ClN5OS2. The highest BCUT2D eigenvalue weighted by atomic mass is 35.5. The fraction of sp³-hybridized carbons (Fsp3) is 0.250. The molecule has 1 N–H and O–H groups in total. The molecule has 0 aliphatic heterocycles. The SMILES string of the molecule is CC(C)CNC(=O)c1csc(CSc2nnc(Cc3ccccc3)n2-c2cccc(Cl)c2)n1. The fourth-order valence-corrected chi connectivity index (χ4v) is 5.10. The van der Waals surface area contributed by atoms with Crippen LogP contribution >= 0.6 is 34.7 Å². The number of benzene rings is 2. The minimum atomic E-state index is -0.136. The van der Waals surface area contributed by atoms with Crippen LogP contribution in [0.1, 0.15) is 40.7 Å². The Morgan fingerprint density at radius 2 is 1.97 bits per heavy atom. The molecule has 0 radical (unpaired) electrons. The van der Waals surface area contributed by atoms with Gasteiger partial charge in [-0.2, -0.15) is 0 Å². The first-order chi connectivity index (χ1) is 16.0. The van der Waals surface area contributed by atoms with Crippen molar-refractivity contribution in [3.8, 4) is 5.69 Å². The molecule has 0 saturated heterocycles. The summed E-state index contributed by atoms with van der Waals surface area (Å²) in [6, 6.07) is 17.8. The number of halogens is 1. The Bertz CT molecular complexity index is 1220. The van der Waals surface area contributed by atoms with Crippen LogP contribution in [0, 0.1) is 5.92 Å². The number of hydrogen-bond donors (Lipinski definition) is 1. The van der Waals surface area contributed by atoms with Gasteiger partial charge < -0.3 is 5.32 Å². The Kier molecular flexibility index (Phi) is 7.80. The second kappa shape index (κ2) is 11.0. The minimum absolute atomic E-state index is 0.136. The third-order valence-corrected chi connectivity index (χ3v) is 6.96. The molecule has 0 aliphatic rings. The molecule has 0 aliphatic carbocycles. The lowest BCUT2D eigenvalue weighted by Crippen LogP contribution is -2.27. The van der Waals surface area contributed by atoms with Gasteiger partial charge in [0.2, 0.25) is 0 Å². The largest absolute Gasteiger partial charge is 0.350 e. The van der Waals surface area contributed by atoms with E-state index in [9.17, 15) is 4.79 Å². The Hall–Kier alpha value is -2.68. The van der Waals surface area contributed by atoms with Crippen molar-refractivity contribution >= 4 is 40.6 Å². The van der Waals surface area contributed by atoms with E-state index in [0.29, 0.717) is 35.4 Å². The number of thiazole rings is 1. The molecule has 1 amide bonds. The van der Waals surface area contributed by atoms with Crippen LogP contribution in [0.2, 0.25) is 5.02 Å². The zero-order chi connectivity index (χ0) is 23.2. The molecule has 0 fully saturated rings. The van der Waals surface area contributed by atoms with Crippen LogP contribution in [0.15, 0.2) is 65.1 Å². The first-order valence-electron chi connectivity index (χ1n) is 10.6. The van der Waals surface area contributed by atoms with Crippen molar-refractivity contribution in [1.82, 2.24) is 25.1 Å². The van der Waals surface area contributed by atoms with Gasteiger partial charge in [-0.1, -0.05) is 73.6 Å². The molecule has 0 unspecified atom stereocenters. The summed E-state index contributed by atoms with van der Waals surface area (Å²) < 4.78 is 2.04. The van der Waals surface area contributed by atoms with Crippen LogP contribution in [0.5, 0.6) is 0 Å². The van der Waals surface area contributed by atoms with Gasteiger partial charge in [0.05, 0.1) is 11.4 Å². The number of nitrogens with zero attached hydrogens (tertiary/aromatic N) is 4. The number of thioether (sulfide) groups is 1. The molecule has 2 aromatic carbocycles. The monoisotopic (exact) mass is 497 g/mol. The summed E-state index contributed by atoms with van der Waals surface area (Å²) in [5.74, 6) is 1.68. The van der Waals surface area contributed by atoms with Gasteiger partial charge in [-0.25, -0.2) is 4.98 Å². The Labute approximate surface area is 206 Å². The number of aromatic nitrogens is 4. The van der Waals surface area contributed by atoms with Crippen molar-refractivity contribution in [2.75, 3.05) is 6.54 Å². The van der Waals surface area contributed by atoms with E-state index in [2.05, 4.69) is 46.5 Å². The van der Waals surface area contributed by atoms with Crippen LogP contribution in [0.3, 0.4) is 0 Å². The van der Waals surface area contributed by atoms with E-state index >= 15 is 0 Å². The first kappa shape index (κ1) is 23.5. The second-order valence-corrected chi connectivity index (χ2v) is 10.2. The molecule has 0 saturated carbocycles. The predicted molar refractivity (Wildman–Crippen MR) is 134 cm³/mol. The standard InChI is InChI=1S/C24H24ClN5OS2/c1-16(2)13-26-23(31)20-14-32-22(27-20)15-33-24-29-28-21(11-17-7-4-3-5-8-17)30(24)19-10-6-9-18(25)12-19/h3-10,12,14,16H,11,13,15H2,1-2H3,(H,26,31). The molecular weight excluding hydrogens is 474 g/mol. The van der Waals surface area contributed by atoms with Crippen molar-refractivity contribution in [3.05, 3.63) is 87.1 Å². The Balaban J connectivity index is 1.54. The lowest BCUT2D eigenvalue weighted by molar-refractivity contribution is 0.0944. The van der Waals surface area contributed by atoms with E-state index in [4.69, 9.17) is 11.6 Å². The van der Waals surface area contributed by atoms with Crippen LogP contribution in [0.4, 0.5) is 0 Å². The quantitative estimate of drug-likeness (QED) is 0.303. The zero-order valence-corrected chi connectivity index (χ0v) is 20.8. The molecule has 4 aromatic rings. The first-order valence-corrected chi connectivity index (χ1v) is 12.8. The third-order valence-electron chi connectivity index (χ3n) is 4.75. The van der Waals surface area contributed by atoms with Crippen molar-refractivity contribution in [2.45, 2.75) is 31.2 Å². The number of nitrogens with one attached hydrogen (secondary N) is 1. The van der Waals surface area contributed by atoms with Crippen molar-refractivity contribution < 1.29 is 4.79 Å². The molecule has 0 atom stereocenters. The van der Waals surface area contributed by atoms with Crippen LogP contribution < -0.4 is 5.32 Å². The highest BCUT2D eigenvalue weighted by molar-refractivity contribution is 7.98. The average Bonchev–Trinajstić information content (AvgIpc) is 3.44.